The lowest BCUT2D eigenvalue weighted by Gasteiger charge is -2.11. The number of carbonyl (C=O) groups is 1. The molecule has 34 heavy (non-hydrogen) atoms. The Hall–Kier alpha value is -3.55. The van der Waals surface area contributed by atoms with Gasteiger partial charge >= 0.3 is 0 Å². The molecule has 4 rings (SSSR count). The quantitative estimate of drug-likeness (QED) is 0.293. The molecule has 8 nitrogen and oxygen atoms in total. The minimum Gasteiger partial charge on any atom is -0.467 e. The van der Waals surface area contributed by atoms with Crippen molar-refractivity contribution in [2.75, 3.05) is 16.4 Å². The normalized spacial score (nSPS) is 10.7. The number of carbonyl (C=O) groups excluding carboxylic acids is 1. The van der Waals surface area contributed by atoms with Crippen LogP contribution in [0.5, 0.6) is 0 Å². The monoisotopic (exact) mass is 492 g/mol. The first-order valence-corrected chi connectivity index (χ1v) is 12.5. The van der Waals surface area contributed by atoms with E-state index in [1.165, 1.54) is 28.7 Å². The van der Waals surface area contributed by atoms with E-state index in [-0.39, 0.29) is 12.3 Å². The summed E-state index contributed by atoms with van der Waals surface area (Å²) in [6.45, 7) is 4.94. The number of nitrogens with one attached hydrogen (secondary N) is 2. The Morgan fingerprint density at radius 1 is 1.21 bits per heavy atom. The molecule has 0 aliphatic carbocycles. The Morgan fingerprint density at radius 3 is 2.76 bits per heavy atom. The lowest BCUT2D eigenvalue weighted by Crippen LogP contribution is -2.17. The van der Waals surface area contributed by atoms with Crippen molar-refractivity contribution in [1.29, 1.82) is 5.26 Å². The van der Waals surface area contributed by atoms with Gasteiger partial charge in [-0.25, -0.2) is 0 Å². The van der Waals surface area contributed by atoms with Gasteiger partial charge in [-0.1, -0.05) is 53.4 Å². The maximum Gasteiger partial charge on any atom is 0.226 e. The number of thioether (sulfide) groups is 1. The molecule has 2 N–H and O–H groups in total. The second kappa shape index (κ2) is 11.0. The predicted octanol–water partition coefficient (Wildman–Crippen LogP) is 5.20. The van der Waals surface area contributed by atoms with Gasteiger partial charge in [0.05, 0.1) is 18.4 Å². The third-order valence-corrected chi connectivity index (χ3v) is 7.36. The molecule has 174 valence electrons. The van der Waals surface area contributed by atoms with Gasteiger partial charge in [0, 0.05) is 24.4 Å². The fraction of sp³-hybridized carbons (Fsp3) is 0.250. The summed E-state index contributed by atoms with van der Waals surface area (Å²) in [6, 6.07) is 16.0. The average Bonchev–Trinajstić information content (AvgIpc) is 3.57. The van der Waals surface area contributed by atoms with E-state index < -0.39 is 0 Å². The number of nitrogens with zero attached hydrogens (tertiary/aromatic N) is 4. The number of anilines is 2. The molecule has 1 aromatic carbocycles. The molecule has 3 aromatic heterocycles. The van der Waals surface area contributed by atoms with Crippen molar-refractivity contribution in [1.82, 2.24) is 14.8 Å². The fourth-order valence-corrected chi connectivity index (χ4v) is 5.18. The molecule has 3 heterocycles. The van der Waals surface area contributed by atoms with E-state index in [0.717, 1.165) is 26.5 Å². The summed E-state index contributed by atoms with van der Waals surface area (Å²) in [4.78, 5) is 12.7. The Kier molecular flexibility index (Phi) is 7.67. The molecule has 0 saturated carbocycles. The van der Waals surface area contributed by atoms with Crippen molar-refractivity contribution in [2.24, 2.45) is 0 Å². The van der Waals surface area contributed by atoms with Crippen LogP contribution in [0.2, 0.25) is 0 Å². The van der Waals surface area contributed by atoms with E-state index in [2.05, 4.69) is 26.9 Å². The highest BCUT2D eigenvalue weighted by atomic mass is 32.2. The molecule has 10 heteroatoms. The van der Waals surface area contributed by atoms with Crippen LogP contribution < -0.4 is 10.6 Å². The summed E-state index contributed by atoms with van der Waals surface area (Å²) >= 11 is 2.95. The fourth-order valence-electron chi connectivity index (χ4n) is 3.43. The van der Waals surface area contributed by atoms with Crippen molar-refractivity contribution in [3.63, 3.8) is 0 Å². The van der Waals surface area contributed by atoms with E-state index in [1.54, 1.807) is 6.26 Å². The standard InChI is InChI=1S/C24H24N6O2S2/c1-16-17(2)30(15-19-9-6-11-32-19)22(20(16)13-25)27-21(31)10-12-33-24-29-28-23(34-24)26-14-18-7-4-3-5-8-18/h3-9,11H,10,12,14-15H2,1-2H3,(H,26,28)(H,27,31). The molecule has 0 bridgehead atoms. The maximum absolute atomic E-state index is 12.7. The van der Waals surface area contributed by atoms with Crippen LogP contribution in [0.15, 0.2) is 57.5 Å². The second-order valence-corrected chi connectivity index (χ2v) is 9.89. The van der Waals surface area contributed by atoms with E-state index in [1.807, 2.05) is 60.9 Å². The zero-order valence-corrected chi connectivity index (χ0v) is 20.5. The molecule has 0 atom stereocenters. The van der Waals surface area contributed by atoms with Crippen molar-refractivity contribution in [3.8, 4) is 6.07 Å². The van der Waals surface area contributed by atoms with Gasteiger partial charge in [-0.2, -0.15) is 5.26 Å². The van der Waals surface area contributed by atoms with Gasteiger partial charge in [0.15, 0.2) is 4.34 Å². The Labute approximate surface area is 206 Å². The van der Waals surface area contributed by atoms with Crippen LogP contribution in [-0.2, 0) is 17.9 Å². The molecule has 0 aliphatic heterocycles. The van der Waals surface area contributed by atoms with Gasteiger partial charge in [0.1, 0.15) is 17.6 Å². The van der Waals surface area contributed by atoms with E-state index >= 15 is 0 Å². The van der Waals surface area contributed by atoms with Crippen molar-refractivity contribution in [3.05, 3.63) is 76.9 Å². The topological polar surface area (TPSA) is 109 Å². The number of aromatic nitrogens is 3. The van der Waals surface area contributed by atoms with E-state index in [9.17, 15) is 10.1 Å². The molecule has 4 aromatic rings. The molecule has 0 aliphatic rings. The highest BCUT2D eigenvalue weighted by molar-refractivity contribution is 8.01. The van der Waals surface area contributed by atoms with Crippen LogP contribution in [0.25, 0.3) is 0 Å². The van der Waals surface area contributed by atoms with E-state index in [4.69, 9.17) is 4.42 Å². The minimum atomic E-state index is -0.158. The van der Waals surface area contributed by atoms with Gasteiger partial charge in [-0.3, -0.25) is 4.79 Å². The zero-order valence-electron chi connectivity index (χ0n) is 18.9. The van der Waals surface area contributed by atoms with Crippen LogP contribution >= 0.6 is 23.1 Å². The lowest BCUT2D eigenvalue weighted by atomic mass is 10.2. The first kappa shape index (κ1) is 23.6. The molecule has 0 fully saturated rings. The Bertz CT molecular complexity index is 1290. The van der Waals surface area contributed by atoms with Crippen LogP contribution in [-0.4, -0.2) is 26.4 Å². The van der Waals surface area contributed by atoms with Gasteiger partial charge in [-0.15, -0.1) is 10.2 Å². The van der Waals surface area contributed by atoms with E-state index in [0.29, 0.717) is 30.2 Å². The average molecular weight is 493 g/mol. The van der Waals surface area contributed by atoms with Gasteiger partial charge in [0.25, 0.3) is 0 Å². The largest absolute Gasteiger partial charge is 0.467 e. The Balaban J connectivity index is 1.32. The zero-order chi connectivity index (χ0) is 23.9. The lowest BCUT2D eigenvalue weighted by molar-refractivity contribution is -0.115. The van der Waals surface area contributed by atoms with Crippen LogP contribution in [0.4, 0.5) is 10.9 Å². The Morgan fingerprint density at radius 2 is 2.03 bits per heavy atom. The molecule has 0 saturated heterocycles. The SMILES string of the molecule is Cc1c(C#N)c(NC(=O)CCSc2nnc(NCc3ccccc3)s2)n(Cc2ccco2)c1C. The summed E-state index contributed by atoms with van der Waals surface area (Å²) < 4.78 is 8.17. The summed E-state index contributed by atoms with van der Waals surface area (Å²) in [5, 5.41) is 25.0. The predicted molar refractivity (Wildman–Crippen MR) is 134 cm³/mol. The molecular formula is C24H24N6O2S2. The number of benzene rings is 1. The summed E-state index contributed by atoms with van der Waals surface area (Å²) in [7, 11) is 0. The van der Waals surface area contributed by atoms with Gasteiger partial charge in [0.2, 0.25) is 11.0 Å². The number of amides is 1. The third-order valence-electron chi connectivity index (χ3n) is 5.34. The van der Waals surface area contributed by atoms with Crippen molar-refractivity contribution in [2.45, 2.75) is 37.7 Å². The van der Waals surface area contributed by atoms with Gasteiger partial charge in [-0.05, 0) is 37.1 Å². The summed E-state index contributed by atoms with van der Waals surface area (Å²) in [6.07, 6.45) is 1.89. The molecular weight excluding hydrogens is 468 g/mol. The number of hydrogen-bond acceptors (Lipinski definition) is 8. The smallest absolute Gasteiger partial charge is 0.226 e. The minimum absolute atomic E-state index is 0.158. The first-order valence-electron chi connectivity index (χ1n) is 10.7. The third kappa shape index (κ3) is 5.68. The maximum atomic E-state index is 12.7. The number of hydrogen-bond donors (Lipinski definition) is 2. The van der Waals surface area contributed by atoms with Gasteiger partial charge < -0.3 is 19.6 Å². The van der Waals surface area contributed by atoms with Crippen molar-refractivity contribution >= 4 is 40.0 Å². The summed E-state index contributed by atoms with van der Waals surface area (Å²) in [5.74, 6) is 1.65. The summed E-state index contributed by atoms with van der Waals surface area (Å²) in [5.41, 5.74) is 3.41. The number of nitriles is 1. The molecule has 0 radical (unpaired) electrons. The first-order chi connectivity index (χ1) is 16.5. The molecule has 0 unspecified atom stereocenters. The second-order valence-electron chi connectivity index (χ2n) is 7.57. The molecule has 0 spiro atoms. The number of rotatable bonds is 10. The van der Waals surface area contributed by atoms with Crippen LogP contribution in [0.1, 0.15) is 34.6 Å². The highest BCUT2D eigenvalue weighted by Crippen LogP contribution is 2.29. The van der Waals surface area contributed by atoms with Crippen molar-refractivity contribution < 1.29 is 9.21 Å². The van der Waals surface area contributed by atoms with Crippen LogP contribution in [0, 0.1) is 25.2 Å². The molecule has 1 amide bonds. The highest BCUT2D eigenvalue weighted by Gasteiger charge is 2.20. The van der Waals surface area contributed by atoms with Crippen LogP contribution in [0.3, 0.4) is 0 Å². The number of furan rings is 1.